The van der Waals surface area contributed by atoms with Gasteiger partial charge in [0.15, 0.2) is 0 Å². The van der Waals surface area contributed by atoms with Crippen LogP contribution in [0.15, 0.2) is 0 Å². The van der Waals surface area contributed by atoms with Crippen molar-refractivity contribution in [3.05, 3.63) is 0 Å². The highest BCUT2D eigenvalue weighted by molar-refractivity contribution is 5.88. The number of likely N-dealkylation sites (tertiary alicyclic amines) is 1. The van der Waals surface area contributed by atoms with E-state index in [9.17, 15) is 9.90 Å². The molecule has 2 atom stereocenters. The molecule has 2 saturated heterocycles. The topological polar surface area (TPSA) is 55.8 Å². The van der Waals surface area contributed by atoms with Gasteiger partial charge in [-0.1, -0.05) is 26.7 Å². The number of hydrogen-bond acceptors (Lipinski definition) is 4. The molecule has 0 radical (unpaired) electrons. The van der Waals surface area contributed by atoms with Crippen LogP contribution in [0.3, 0.4) is 0 Å². The summed E-state index contributed by atoms with van der Waals surface area (Å²) in [6.45, 7) is 7.97. The molecule has 1 saturated carbocycles. The van der Waals surface area contributed by atoms with Crippen molar-refractivity contribution in [2.75, 3.05) is 26.3 Å². The molecular formula is C17H31N3O2. The normalized spacial score (nSPS) is 33.5. The molecule has 2 N–H and O–H groups in total. The maximum atomic E-state index is 12.5. The first kappa shape index (κ1) is 16.2. The number of aliphatic hydroxyl groups excluding tert-OH is 1. The standard InChI is InChI=1S/C17H31N3O2/c1-13(2)11-20-12-18-16(22)17(20)7-9-19(10-8-17)14-5-3-4-6-15(14)21/h13-15,21H,3-12H2,1-2H3,(H,18,22)/t14-,15-/m1/s1. The molecule has 0 unspecified atom stereocenters. The molecule has 2 aliphatic heterocycles. The summed E-state index contributed by atoms with van der Waals surface area (Å²) in [6, 6.07) is 0.314. The third-order valence-electron chi connectivity index (χ3n) is 5.83. The molecule has 3 fully saturated rings. The van der Waals surface area contributed by atoms with Crippen LogP contribution in [-0.4, -0.2) is 64.8 Å². The molecule has 0 aromatic rings. The number of rotatable bonds is 3. The maximum absolute atomic E-state index is 12.5. The number of aliphatic hydroxyl groups is 1. The van der Waals surface area contributed by atoms with E-state index in [1.165, 1.54) is 6.42 Å². The fourth-order valence-electron chi connectivity index (χ4n) is 4.59. The lowest BCUT2D eigenvalue weighted by atomic mass is 9.83. The Kier molecular flexibility index (Phi) is 4.76. The highest BCUT2D eigenvalue weighted by Gasteiger charge is 2.50. The molecule has 0 aromatic heterocycles. The zero-order valence-electron chi connectivity index (χ0n) is 14.1. The molecule has 126 valence electrons. The van der Waals surface area contributed by atoms with E-state index in [0.29, 0.717) is 18.6 Å². The van der Waals surface area contributed by atoms with Gasteiger partial charge in [0, 0.05) is 25.7 Å². The Morgan fingerprint density at radius 3 is 2.59 bits per heavy atom. The summed E-state index contributed by atoms with van der Waals surface area (Å²) in [5, 5.41) is 13.3. The molecule has 2 heterocycles. The van der Waals surface area contributed by atoms with Gasteiger partial charge < -0.3 is 10.4 Å². The second-order valence-corrected chi connectivity index (χ2v) is 7.77. The molecule has 0 aromatic carbocycles. The zero-order chi connectivity index (χ0) is 15.7. The van der Waals surface area contributed by atoms with E-state index >= 15 is 0 Å². The Morgan fingerprint density at radius 1 is 1.27 bits per heavy atom. The molecule has 1 aliphatic carbocycles. The van der Waals surface area contributed by atoms with Crippen LogP contribution in [0, 0.1) is 5.92 Å². The Bertz CT molecular complexity index is 405. The van der Waals surface area contributed by atoms with Crippen molar-refractivity contribution in [1.29, 1.82) is 0 Å². The molecule has 1 spiro atoms. The third-order valence-corrected chi connectivity index (χ3v) is 5.83. The largest absolute Gasteiger partial charge is 0.391 e. The Balaban J connectivity index is 1.65. The third kappa shape index (κ3) is 2.91. The fraction of sp³-hybridized carbons (Fsp3) is 0.941. The van der Waals surface area contributed by atoms with Gasteiger partial charge in [0.25, 0.3) is 0 Å². The monoisotopic (exact) mass is 309 g/mol. The minimum atomic E-state index is -0.291. The van der Waals surface area contributed by atoms with Crippen LogP contribution in [0.5, 0.6) is 0 Å². The Hall–Kier alpha value is -0.650. The van der Waals surface area contributed by atoms with Crippen molar-refractivity contribution in [2.24, 2.45) is 5.92 Å². The average molecular weight is 309 g/mol. The van der Waals surface area contributed by atoms with Gasteiger partial charge in [0.05, 0.1) is 12.8 Å². The van der Waals surface area contributed by atoms with E-state index in [-0.39, 0.29) is 17.6 Å². The van der Waals surface area contributed by atoms with Gasteiger partial charge in [-0.05, 0) is 31.6 Å². The lowest BCUT2D eigenvalue weighted by Crippen LogP contribution is -2.59. The average Bonchev–Trinajstić information content (AvgIpc) is 2.78. The van der Waals surface area contributed by atoms with E-state index < -0.39 is 0 Å². The summed E-state index contributed by atoms with van der Waals surface area (Å²) >= 11 is 0. The minimum Gasteiger partial charge on any atom is -0.391 e. The quantitative estimate of drug-likeness (QED) is 0.822. The maximum Gasteiger partial charge on any atom is 0.241 e. The summed E-state index contributed by atoms with van der Waals surface area (Å²) in [7, 11) is 0. The van der Waals surface area contributed by atoms with E-state index in [4.69, 9.17) is 0 Å². The lowest BCUT2D eigenvalue weighted by Gasteiger charge is -2.47. The number of hydrogen-bond donors (Lipinski definition) is 2. The van der Waals surface area contributed by atoms with E-state index in [0.717, 1.165) is 51.7 Å². The van der Waals surface area contributed by atoms with Crippen LogP contribution in [0.1, 0.15) is 52.4 Å². The highest BCUT2D eigenvalue weighted by atomic mass is 16.3. The number of nitrogens with zero attached hydrogens (tertiary/aromatic N) is 2. The van der Waals surface area contributed by atoms with Gasteiger partial charge in [-0.3, -0.25) is 14.6 Å². The van der Waals surface area contributed by atoms with Crippen molar-refractivity contribution in [1.82, 2.24) is 15.1 Å². The molecule has 5 nitrogen and oxygen atoms in total. The van der Waals surface area contributed by atoms with Gasteiger partial charge in [0.1, 0.15) is 5.54 Å². The van der Waals surface area contributed by atoms with E-state index in [1.54, 1.807) is 0 Å². The zero-order valence-corrected chi connectivity index (χ0v) is 14.1. The SMILES string of the molecule is CC(C)CN1CNC(=O)C12CCN([C@@H]1CCCC[C@H]1O)CC2. The summed E-state index contributed by atoms with van der Waals surface area (Å²) in [5.41, 5.74) is -0.291. The molecule has 3 rings (SSSR count). The van der Waals surface area contributed by atoms with Crippen molar-refractivity contribution in [3.8, 4) is 0 Å². The van der Waals surface area contributed by atoms with Crippen LogP contribution >= 0.6 is 0 Å². The Morgan fingerprint density at radius 2 is 1.95 bits per heavy atom. The second kappa shape index (κ2) is 6.46. The molecule has 3 aliphatic rings. The number of carbonyl (C=O) groups is 1. The van der Waals surface area contributed by atoms with Crippen LogP contribution in [-0.2, 0) is 4.79 Å². The minimum absolute atomic E-state index is 0.174. The van der Waals surface area contributed by atoms with Crippen LogP contribution in [0.2, 0.25) is 0 Å². The molecule has 5 heteroatoms. The molecule has 0 bridgehead atoms. The van der Waals surface area contributed by atoms with E-state index in [1.807, 2.05) is 0 Å². The fourth-order valence-corrected chi connectivity index (χ4v) is 4.59. The molecule has 22 heavy (non-hydrogen) atoms. The number of amides is 1. The summed E-state index contributed by atoms with van der Waals surface area (Å²) in [6.07, 6.45) is 6.04. The predicted molar refractivity (Wildman–Crippen MR) is 86.4 cm³/mol. The highest BCUT2D eigenvalue weighted by Crippen LogP contribution is 2.35. The van der Waals surface area contributed by atoms with Gasteiger partial charge in [0.2, 0.25) is 5.91 Å². The van der Waals surface area contributed by atoms with Crippen LogP contribution in [0.25, 0.3) is 0 Å². The Labute approximate surface area is 134 Å². The number of piperidine rings is 1. The van der Waals surface area contributed by atoms with Gasteiger partial charge >= 0.3 is 0 Å². The van der Waals surface area contributed by atoms with Crippen molar-refractivity contribution >= 4 is 5.91 Å². The van der Waals surface area contributed by atoms with Gasteiger partial charge in [-0.15, -0.1) is 0 Å². The van der Waals surface area contributed by atoms with Gasteiger partial charge in [-0.25, -0.2) is 0 Å². The first-order valence-electron chi connectivity index (χ1n) is 8.98. The van der Waals surface area contributed by atoms with Crippen molar-refractivity contribution in [2.45, 2.75) is 70.1 Å². The van der Waals surface area contributed by atoms with Crippen molar-refractivity contribution in [3.63, 3.8) is 0 Å². The van der Waals surface area contributed by atoms with Gasteiger partial charge in [-0.2, -0.15) is 0 Å². The second-order valence-electron chi connectivity index (χ2n) is 7.77. The molecular weight excluding hydrogens is 278 g/mol. The lowest BCUT2D eigenvalue weighted by molar-refractivity contribution is -0.130. The summed E-state index contributed by atoms with van der Waals surface area (Å²) < 4.78 is 0. The smallest absolute Gasteiger partial charge is 0.241 e. The molecule has 1 amide bonds. The number of carbonyl (C=O) groups excluding carboxylic acids is 1. The van der Waals surface area contributed by atoms with Crippen LogP contribution < -0.4 is 5.32 Å². The summed E-state index contributed by atoms with van der Waals surface area (Å²) in [5.74, 6) is 0.791. The number of nitrogens with one attached hydrogen (secondary N) is 1. The first-order chi connectivity index (χ1) is 10.5. The van der Waals surface area contributed by atoms with Crippen molar-refractivity contribution < 1.29 is 9.90 Å². The summed E-state index contributed by atoms with van der Waals surface area (Å²) in [4.78, 5) is 17.3. The first-order valence-corrected chi connectivity index (χ1v) is 8.98. The van der Waals surface area contributed by atoms with Crippen LogP contribution in [0.4, 0.5) is 0 Å². The van der Waals surface area contributed by atoms with E-state index in [2.05, 4.69) is 29.0 Å². The predicted octanol–water partition coefficient (Wildman–Crippen LogP) is 1.17.